The van der Waals surface area contributed by atoms with Crippen molar-refractivity contribution in [1.29, 1.82) is 0 Å². The number of carbonyl (C=O) groups excluding carboxylic acids is 2. The van der Waals surface area contributed by atoms with Gasteiger partial charge in [0.1, 0.15) is 17.4 Å². The zero-order valence-corrected chi connectivity index (χ0v) is 14.7. The number of halogens is 1. The molecule has 1 fully saturated rings. The summed E-state index contributed by atoms with van der Waals surface area (Å²) in [6, 6.07) is 13.0. The van der Waals surface area contributed by atoms with E-state index in [1.165, 1.54) is 7.11 Å². The number of carbonyl (C=O) groups is 2. The van der Waals surface area contributed by atoms with Gasteiger partial charge in [-0.05, 0) is 42.0 Å². The molecule has 0 saturated carbocycles. The first-order chi connectivity index (χ1) is 12.5. The second kappa shape index (κ2) is 7.49. The topological polar surface area (TPSA) is 76.7 Å². The summed E-state index contributed by atoms with van der Waals surface area (Å²) in [5, 5.41) is 5.87. The fourth-order valence-electron chi connectivity index (χ4n) is 2.78. The molecule has 1 heterocycles. The van der Waals surface area contributed by atoms with Crippen molar-refractivity contribution in [3.05, 3.63) is 71.4 Å². The minimum Gasteiger partial charge on any atom is -0.468 e. The number of esters is 1. The lowest BCUT2D eigenvalue weighted by Gasteiger charge is -2.33. The lowest BCUT2D eigenvalue weighted by molar-refractivity contribution is -0.145. The van der Waals surface area contributed by atoms with E-state index in [2.05, 4.69) is 17.2 Å². The number of nitrogens with one attached hydrogen (secondary N) is 2. The van der Waals surface area contributed by atoms with Crippen molar-refractivity contribution in [2.45, 2.75) is 6.04 Å². The van der Waals surface area contributed by atoms with Crippen LogP contribution in [0.2, 0.25) is 5.02 Å². The minimum atomic E-state index is -0.747. The van der Waals surface area contributed by atoms with Crippen molar-refractivity contribution >= 4 is 23.6 Å². The molecule has 7 heteroatoms. The SMILES string of the molecule is C=C1NC(=O)N[C@H](c2cccc(Oc3ccc(Cl)cc3)c2)[C@H]1C(=O)OC. The Balaban J connectivity index is 1.89. The molecule has 0 bridgehead atoms. The van der Waals surface area contributed by atoms with E-state index in [0.29, 0.717) is 22.1 Å². The Labute approximate surface area is 155 Å². The summed E-state index contributed by atoms with van der Waals surface area (Å²) in [6.45, 7) is 3.77. The van der Waals surface area contributed by atoms with E-state index in [1.54, 1.807) is 48.5 Å². The summed E-state index contributed by atoms with van der Waals surface area (Å²) >= 11 is 5.87. The Morgan fingerprint density at radius 3 is 2.58 bits per heavy atom. The summed E-state index contributed by atoms with van der Waals surface area (Å²) in [4.78, 5) is 24.0. The van der Waals surface area contributed by atoms with Crippen molar-refractivity contribution in [2.75, 3.05) is 7.11 Å². The minimum absolute atomic E-state index is 0.287. The van der Waals surface area contributed by atoms with E-state index in [4.69, 9.17) is 21.1 Å². The van der Waals surface area contributed by atoms with Gasteiger partial charge < -0.3 is 20.1 Å². The summed E-state index contributed by atoms with van der Waals surface area (Å²) in [5.41, 5.74) is 0.984. The van der Waals surface area contributed by atoms with Gasteiger partial charge in [0.25, 0.3) is 0 Å². The van der Waals surface area contributed by atoms with E-state index in [-0.39, 0.29) is 5.70 Å². The van der Waals surface area contributed by atoms with Crippen LogP contribution in [0.3, 0.4) is 0 Å². The molecule has 1 saturated heterocycles. The van der Waals surface area contributed by atoms with Crippen LogP contribution in [0.5, 0.6) is 11.5 Å². The molecule has 2 atom stereocenters. The average Bonchev–Trinajstić information content (AvgIpc) is 2.63. The zero-order chi connectivity index (χ0) is 18.7. The highest BCUT2D eigenvalue weighted by Gasteiger charge is 2.38. The van der Waals surface area contributed by atoms with E-state index < -0.39 is 24.0 Å². The third-order valence-corrected chi connectivity index (χ3v) is 4.24. The Bertz CT molecular complexity index is 851. The van der Waals surface area contributed by atoms with Crippen LogP contribution in [0.1, 0.15) is 11.6 Å². The molecule has 0 aromatic heterocycles. The van der Waals surface area contributed by atoms with Crippen LogP contribution in [-0.4, -0.2) is 19.1 Å². The zero-order valence-electron chi connectivity index (χ0n) is 14.0. The number of hydrogen-bond donors (Lipinski definition) is 2. The molecule has 1 aliphatic heterocycles. The molecule has 26 heavy (non-hydrogen) atoms. The molecule has 3 rings (SSSR count). The highest BCUT2D eigenvalue weighted by Crippen LogP contribution is 2.33. The largest absolute Gasteiger partial charge is 0.468 e. The first kappa shape index (κ1) is 17.8. The molecule has 0 radical (unpaired) electrons. The van der Waals surface area contributed by atoms with Crippen molar-refractivity contribution in [1.82, 2.24) is 10.6 Å². The number of urea groups is 1. The van der Waals surface area contributed by atoms with Crippen molar-refractivity contribution in [3.8, 4) is 11.5 Å². The third kappa shape index (κ3) is 3.81. The molecule has 1 aliphatic rings. The predicted octanol–water partition coefficient (Wildman–Crippen LogP) is 3.79. The van der Waals surface area contributed by atoms with Crippen molar-refractivity contribution in [3.63, 3.8) is 0 Å². The maximum absolute atomic E-state index is 12.2. The van der Waals surface area contributed by atoms with E-state index in [9.17, 15) is 9.59 Å². The van der Waals surface area contributed by atoms with Gasteiger partial charge in [-0.1, -0.05) is 30.3 Å². The van der Waals surface area contributed by atoms with Crippen LogP contribution >= 0.6 is 11.6 Å². The van der Waals surface area contributed by atoms with Gasteiger partial charge in [-0.15, -0.1) is 0 Å². The number of rotatable bonds is 4. The molecule has 134 valence electrons. The standard InChI is InChI=1S/C19H17ClN2O4/c1-11-16(18(23)25-2)17(22-19(24)21-11)12-4-3-5-15(10-12)26-14-8-6-13(20)7-9-14/h3-10,16-17H,1H2,2H3,(H2,21,22,24)/t16-,17+/m0/s1. The molecule has 0 unspecified atom stereocenters. The molecule has 0 aliphatic carbocycles. The monoisotopic (exact) mass is 372 g/mol. The Morgan fingerprint density at radius 2 is 1.88 bits per heavy atom. The van der Waals surface area contributed by atoms with Gasteiger partial charge >= 0.3 is 12.0 Å². The second-order valence-corrected chi connectivity index (χ2v) is 6.17. The van der Waals surface area contributed by atoms with Gasteiger partial charge in [0.05, 0.1) is 13.2 Å². The molecular formula is C19H17ClN2O4. The number of ether oxygens (including phenoxy) is 2. The van der Waals surface area contributed by atoms with Crippen LogP contribution in [0, 0.1) is 5.92 Å². The first-order valence-corrected chi connectivity index (χ1v) is 8.23. The van der Waals surface area contributed by atoms with E-state index >= 15 is 0 Å². The Morgan fingerprint density at radius 1 is 1.15 bits per heavy atom. The highest BCUT2D eigenvalue weighted by atomic mass is 35.5. The summed E-state index contributed by atoms with van der Waals surface area (Å²) in [7, 11) is 1.29. The first-order valence-electron chi connectivity index (χ1n) is 7.85. The van der Waals surface area contributed by atoms with Gasteiger partial charge in [0.15, 0.2) is 0 Å². The van der Waals surface area contributed by atoms with Crippen LogP contribution in [-0.2, 0) is 9.53 Å². The summed E-state index contributed by atoms with van der Waals surface area (Å²) in [6.07, 6.45) is 0. The van der Waals surface area contributed by atoms with Crippen molar-refractivity contribution in [2.24, 2.45) is 5.92 Å². The smallest absolute Gasteiger partial charge is 0.319 e. The van der Waals surface area contributed by atoms with Crippen LogP contribution in [0.15, 0.2) is 60.8 Å². The number of methoxy groups -OCH3 is 1. The van der Waals surface area contributed by atoms with Crippen molar-refractivity contribution < 1.29 is 19.1 Å². The van der Waals surface area contributed by atoms with Gasteiger partial charge in [-0.2, -0.15) is 0 Å². The maximum atomic E-state index is 12.2. The predicted molar refractivity (Wildman–Crippen MR) is 97.0 cm³/mol. The number of benzene rings is 2. The Hall–Kier alpha value is -2.99. The third-order valence-electron chi connectivity index (χ3n) is 3.99. The molecule has 0 spiro atoms. The van der Waals surface area contributed by atoms with E-state index in [0.717, 1.165) is 0 Å². The molecule has 2 aromatic carbocycles. The lowest BCUT2D eigenvalue weighted by Crippen LogP contribution is -2.51. The summed E-state index contributed by atoms with van der Waals surface area (Å²) < 4.78 is 10.7. The quantitative estimate of drug-likeness (QED) is 0.800. The fourth-order valence-corrected chi connectivity index (χ4v) is 2.90. The molecule has 2 aromatic rings. The average molecular weight is 373 g/mol. The lowest BCUT2D eigenvalue weighted by atomic mass is 9.89. The van der Waals surface area contributed by atoms with Crippen LogP contribution in [0.25, 0.3) is 0 Å². The number of amides is 2. The fraction of sp³-hybridized carbons (Fsp3) is 0.158. The Kier molecular flexibility index (Phi) is 5.14. The van der Waals surface area contributed by atoms with Gasteiger partial charge in [0.2, 0.25) is 0 Å². The summed E-state index contributed by atoms with van der Waals surface area (Å²) in [5.74, 6) is -0.0540. The van der Waals surface area contributed by atoms with Gasteiger partial charge in [-0.3, -0.25) is 4.79 Å². The second-order valence-electron chi connectivity index (χ2n) is 5.73. The molecule has 6 nitrogen and oxygen atoms in total. The van der Waals surface area contributed by atoms with Crippen LogP contribution < -0.4 is 15.4 Å². The van der Waals surface area contributed by atoms with Crippen LogP contribution in [0.4, 0.5) is 4.79 Å². The molecular weight excluding hydrogens is 356 g/mol. The van der Waals surface area contributed by atoms with Gasteiger partial charge in [-0.25, -0.2) is 4.79 Å². The van der Waals surface area contributed by atoms with Gasteiger partial charge in [0, 0.05) is 10.7 Å². The highest BCUT2D eigenvalue weighted by molar-refractivity contribution is 6.30. The number of hydrogen-bond acceptors (Lipinski definition) is 4. The van der Waals surface area contributed by atoms with E-state index in [1.807, 2.05) is 0 Å². The maximum Gasteiger partial charge on any atom is 0.319 e. The normalized spacial score (nSPS) is 19.3. The molecule has 2 amide bonds. The molecule has 2 N–H and O–H groups in total.